The maximum atomic E-state index is 13.4. The van der Waals surface area contributed by atoms with Crippen LogP contribution in [0, 0.1) is 6.92 Å². The highest BCUT2D eigenvalue weighted by Crippen LogP contribution is 2.44. The molecule has 2 aromatic carbocycles. The molecular formula is C22H23N3O3S. The van der Waals surface area contributed by atoms with Gasteiger partial charge in [0.25, 0.3) is 5.56 Å². The van der Waals surface area contributed by atoms with Crippen LogP contribution in [0.5, 0.6) is 5.75 Å². The van der Waals surface area contributed by atoms with Gasteiger partial charge in [0, 0.05) is 12.6 Å². The lowest BCUT2D eigenvalue weighted by Crippen LogP contribution is -2.33. The van der Waals surface area contributed by atoms with E-state index >= 15 is 0 Å². The Morgan fingerprint density at radius 3 is 2.48 bits per heavy atom. The highest BCUT2D eigenvalue weighted by atomic mass is 32.2. The largest absolute Gasteiger partial charge is 0.493 e. The summed E-state index contributed by atoms with van der Waals surface area (Å²) in [5.74, 6) is 0.992. The molecule has 0 bridgehead atoms. The van der Waals surface area contributed by atoms with E-state index in [9.17, 15) is 9.59 Å². The van der Waals surface area contributed by atoms with Crippen molar-refractivity contribution in [1.82, 2.24) is 9.36 Å². The zero-order chi connectivity index (χ0) is 20.5. The maximum Gasteiger partial charge on any atom is 0.295 e. The summed E-state index contributed by atoms with van der Waals surface area (Å²) in [6.07, 6.45) is 0. The molecule has 1 aliphatic heterocycles. The smallest absolute Gasteiger partial charge is 0.295 e. The number of hydrogen-bond donors (Lipinski definition) is 0. The summed E-state index contributed by atoms with van der Waals surface area (Å²) >= 11 is 1.51. The minimum Gasteiger partial charge on any atom is -0.493 e. The Morgan fingerprint density at radius 1 is 1.07 bits per heavy atom. The Hall–Kier alpha value is -2.93. The first kappa shape index (κ1) is 19.4. The molecule has 150 valence electrons. The molecular weight excluding hydrogens is 386 g/mol. The van der Waals surface area contributed by atoms with Crippen LogP contribution in [0.4, 0.5) is 5.69 Å². The number of nitrogens with zero attached hydrogens (tertiary/aromatic N) is 3. The van der Waals surface area contributed by atoms with Gasteiger partial charge in [-0.25, -0.2) is 4.68 Å². The number of ether oxygens (including phenoxy) is 1. The molecule has 1 fully saturated rings. The molecule has 1 aromatic heterocycles. The summed E-state index contributed by atoms with van der Waals surface area (Å²) in [5.41, 5.74) is 2.63. The molecule has 1 aliphatic rings. The van der Waals surface area contributed by atoms with Gasteiger partial charge in [0.05, 0.1) is 23.7 Å². The SMILES string of the molecule is CCOc1ccccc1[C@H]1SCC(=O)N1c1c(C)n(C)n(-c2ccccc2)c1=O. The van der Waals surface area contributed by atoms with Crippen LogP contribution in [0.1, 0.15) is 23.6 Å². The predicted molar refractivity (Wildman–Crippen MR) is 116 cm³/mol. The van der Waals surface area contributed by atoms with Gasteiger partial charge in [-0.15, -0.1) is 11.8 Å². The number of para-hydroxylation sites is 2. The average Bonchev–Trinajstić information content (AvgIpc) is 3.20. The van der Waals surface area contributed by atoms with Gasteiger partial charge in [-0.1, -0.05) is 36.4 Å². The number of amides is 1. The summed E-state index contributed by atoms with van der Waals surface area (Å²) in [4.78, 5) is 28.0. The molecule has 29 heavy (non-hydrogen) atoms. The molecule has 1 atom stereocenters. The molecule has 6 nitrogen and oxygen atoms in total. The van der Waals surface area contributed by atoms with Gasteiger partial charge in [0.1, 0.15) is 16.8 Å². The molecule has 1 saturated heterocycles. The summed E-state index contributed by atoms with van der Waals surface area (Å²) in [6.45, 7) is 4.34. The minimum atomic E-state index is -0.303. The molecule has 0 aliphatic carbocycles. The van der Waals surface area contributed by atoms with Crippen molar-refractivity contribution in [3.05, 3.63) is 76.2 Å². The van der Waals surface area contributed by atoms with Crippen LogP contribution >= 0.6 is 11.8 Å². The normalized spacial score (nSPS) is 16.4. The fourth-order valence-corrected chi connectivity index (χ4v) is 4.88. The summed E-state index contributed by atoms with van der Waals surface area (Å²) in [7, 11) is 1.84. The first-order valence-electron chi connectivity index (χ1n) is 9.54. The molecule has 1 amide bonds. The van der Waals surface area contributed by atoms with Crippen LogP contribution in [-0.4, -0.2) is 27.6 Å². The van der Waals surface area contributed by atoms with E-state index < -0.39 is 0 Å². The number of hydrogen-bond acceptors (Lipinski definition) is 4. The Morgan fingerprint density at radius 2 is 1.76 bits per heavy atom. The number of carbonyl (C=O) groups is 1. The zero-order valence-electron chi connectivity index (χ0n) is 16.7. The summed E-state index contributed by atoms with van der Waals surface area (Å²) in [6, 6.07) is 17.2. The second kappa shape index (κ2) is 7.83. The van der Waals surface area contributed by atoms with E-state index in [-0.39, 0.29) is 16.8 Å². The van der Waals surface area contributed by atoms with E-state index in [0.29, 0.717) is 18.0 Å². The van der Waals surface area contributed by atoms with Crippen molar-refractivity contribution in [1.29, 1.82) is 0 Å². The van der Waals surface area contributed by atoms with Crippen LogP contribution in [0.25, 0.3) is 5.69 Å². The van der Waals surface area contributed by atoms with Gasteiger partial charge in [0.2, 0.25) is 5.91 Å². The van der Waals surface area contributed by atoms with Crippen molar-refractivity contribution >= 4 is 23.4 Å². The second-order valence-electron chi connectivity index (χ2n) is 6.81. The number of aromatic nitrogens is 2. The summed E-state index contributed by atoms with van der Waals surface area (Å²) in [5, 5.41) is -0.303. The molecule has 0 saturated carbocycles. The monoisotopic (exact) mass is 409 g/mol. The van der Waals surface area contributed by atoms with E-state index in [2.05, 4.69) is 0 Å². The van der Waals surface area contributed by atoms with Gasteiger partial charge in [0.15, 0.2) is 0 Å². The lowest BCUT2D eigenvalue weighted by molar-refractivity contribution is -0.115. The van der Waals surface area contributed by atoms with Gasteiger partial charge in [-0.3, -0.25) is 19.2 Å². The van der Waals surface area contributed by atoms with E-state index in [0.717, 1.165) is 22.7 Å². The molecule has 3 aromatic rings. The standard InChI is InChI=1S/C22H23N3O3S/c1-4-28-18-13-9-8-12-17(18)22-24(19(26)14-29-22)20-15(2)23(3)25(21(20)27)16-10-6-5-7-11-16/h5-13,22H,4,14H2,1-3H3/t22-/m1/s1. The maximum absolute atomic E-state index is 13.4. The molecule has 0 N–H and O–H groups in total. The minimum absolute atomic E-state index is 0.0719. The number of benzene rings is 2. The highest BCUT2D eigenvalue weighted by molar-refractivity contribution is 8.00. The zero-order valence-corrected chi connectivity index (χ0v) is 17.5. The number of thioether (sulfide) groups is 1. The molecule has 2 heterocycles. The third kappa shape index (κ3) is 3.25. The highest BCUT2D eigenvalue weighted by Gasteiger charge is 2.39. The quantitative estimate of drug-likeness (QED) is 0.645. The number of carbonyl (C=O) groups excluding carboxylic acids is 1. The fourth-order valence-electron chi connectivity index (χ4n) is 3.70. The lowest BCUT2D eigenvalue weighted by atomic mass is 10.1. The molecule has 0 spiro atoms. The van der Waals surface area contributed by atoms with Gasteiger partial charge < -0.3 is 4.74 Å². The van der Waals surface area contributed by atoms with E-state index in [1.165, 1.54) is 11.8 Å². The second-order valence-corrected chi connectivity index (χ2v) is 7.88. The van der Waals surface area contributed by atoms with E-state index in [1.54, 1.807) is 14.3 Å². The molecule has 7 heteroatoms. The van der Waals surface area contributed by atoms with Crippen LogP contribution < -0.4 is 15.2 Å². The van der Waals surface area contributed by atoms with Crippen molar-refractivity contribution < 1.29 is 9.53 Å². The van der Waals surface area contributed by atoms with Crippen molar-refractivity contribution in [2.75, 3.05) is 17.3 Å². The Kier molecular flexibility index (Phi) is 5.24. The van der Waals surface area contributed by atoms with Gasteiger partial charge in [-0.05, 0) is 32.0 Å². The van der Waals surface area contributed by atoms with Crippen molar-refractivity contribution in [3.63, 3.8) is 0 Å². The Labute approximate surface area is 173 Å². The molecule has 0 radical (unpaired) electrons. The number of anilines is 1. The first-order valence-corrected chi connectivity index (χ1v) is 10.6. The number of rotatable bonds is 5. The first-order chi connectivity index (χ1) is 14.0. The lowest BCUT2D eigenvalue weighted by Gasteiger charge is -2.24. The Balaban J connectivity index is 1.86. The summed E-state index contributed by atoms with van der Waals surface area (Å²) < 4.78 is 9.19. The van der Waals surface area contributed by atoms with E-state index in [1.807, 2.05) is 75.5 Å². The van der Waals surface area contributed by atoms with Crippen LogP contribution in [0.2, 0.25) is 0 Å². The topological polar surface area (TPSA) is 56.5 Å². The average molecular weight is 410 g/mol. The van der Waals surface area contributed by atoms with Crippen molar-refractivity contribution in [2.45, 2.75) is 19.2 Å². The Bertz CT molecular complexity index is 1100. The van der Waals surface area contributed by atoms with Gasteiger partial charge >= 0.3 is 0 Å². The van der Waals surface area contributed by atoms with Crippen LogP contribution in [-0.2, 0) is 11.8 Å². The third-order valence-electron chi connectivity index (χ3n) is 5.12. The van der Waals surface area contributed by atoms with Crippen LogP contribution in [0.3, 0.4) is 0 Å². The molecule has 0 unspecified atom stereocenters. The molecule has 4 rings (SSSR count). The van der Waals surface area contributed by atoms with Crippen molar-refractivity contribution in [3.8, 4) is 11.4 Å². The van der Waals surface area contributed by atoms with Gasteiger partial charge in [-0.2, -0.15) is 0 Å². The predicted octanol–water partition coefficient (Wildman–Crippen LogP) is 3.66. The fraction of sp³-hybridized carbons (Fsp3) is 0.273. The third-order valence-corrected chi connectivity index (χ3v) is 6.31. The van der Waals surface area contributed by atoms with Crippen molar-refractivity contribution in [2.24, 2.45) is 7.05 Å². The van der Waals surface area contributed by atoms with Crippen LogP contribution in [0.15, 0.2) is 59.4 Å². The van der Waals surface area contributed by atoms with E-state index in [4.69, 9.17) is 4.74 Å².